The van der Waals surface area contributed by atoms with Crippen molar-refractivity contribution in [2.24, 2.45) is 5.73 Å². The van der Waals surface area contributed by atoms with Gasteiger partial charge in [-0.15, -0.1) is 0 Å². The van der Waals surface area contributed by atoms with Crippen molar-refractivity contribution < 1.29 is 9.53 Å². The lowest BCUT2D eigenvalue weighted by atomic mass is 9.83. The number of esters is 1. The van der Waals surface area contributed by atoms with Crippen LogP contribution in [0.2, 0.25) is 0 Å². The largest absolute Gasteiger partial charge is 0.468 e. The van der Waals surface area contributed by atoms with Crippen molar-refractivity contribution in [3.63, 3.8) is 0 Å². The van der Waals surface area contributed by atoms with Gasteiger partial charge in [0, 0.05) is 5.41 Å². The minimum atomic E-state index is -0.549. The molecule has 0 amide bonds. The highest BCUT2D eigenvalue weighted by Gasteiger charge is 2.53. The molecule has 2 rings (SSSR count). The Balaban J connectivity index is 2.43. The van der Waals surface area contributed by atoms with Crippen LogP contribution in [0.5, 0.6) is 0 Å². The SMILES string of the molecule is COC(=O)C(N)C1(c2c(C)cccc2C)CC1. The Hall–Kier alpha value is -1.35. The van der Waals surface area contributed by atoms with Gasteiger partial charge in [-0.1, -0.05) is 18.2 Å². The Bertz CT molecular complexity index is 429. The first-order chi connectivity index (χ1) is 8.03. The van der Waals surface area contributed by atoms with Crippen LogP contribution in [0.25, 0.3) is 0 Å². The molecule has 0 aromatic heterocycles. The highest BCUT2D eigenvalue weighted by atomic mass is 16.5. The first-order valence-corrected chi connectivity index (χ1v) is 5.93. The van der Waals surface area contributed by atoms with Crippen molar-refractivity contribution >= 4 is 5.97 Å². The molecule has 1 aromatic rings. The second-order valence-corrected chi connectivity index (χ2v) is 4.92. The molecule has 1 fully saturated rings. The molecule has 17 heavy (non-hydrogen) atoms. The molecule has 1 saturated carbocycles. The maximum absolute atomic E-state index is 11.6. The molecule has 1 unspecified atom stereocenters. The van der Waals surface area contributed by atoms with Crippen molar-refractivity contribution in [2.75, 3.05) is 7.11 Å². The van der Waals surface area contributed by atoms with E-state index in [0.717, 1.165) is 12.8 Å². The highest BCUT2D eigenvalue weighted by molar-refractivity contribution is 5.79. The summed E-state index contributed by atoms with van der Waals surface area (Å²) in [5.74, 6) is -0.315. The fourth-order valence-electron chi connectivity index (χ4n) is 2.80. The van der Waals surface area contributed by atoms with E-state index in [1.54, 1.807) is 0 Å². The summed E-state index contributed by atoms with van der Waals surface area (Å²) < 4.78 is 4.78. The lowest BCUT2D eigenvalue weighted by Gasteiger charge is -2.25. The summed E-state index contributed by atoms with van der Waals surface area (Å²) in [7, 11) is 1.39. The molecule has 0 radical (unpaired) electrons. The van der Waals surface area contributed by atoms with E-state index in [1.165, 1.54) is 23.8 Å². The van der Waals surface area contributed by atoms with Crippen molar-refractivity contribution in [1.29, 1.82) is 0 Å². The van der Waals surface area contributed by atoms with E-state index >= 15 is 0 Å². The zero-order chi connectivity index (χ0) is 12.6. The Kier molecular flexibility index (Phi) is 2.96. The number of ether oxygens (including phenoxy) is 1. The van der Waals surface area contributed by atoms with Crippen LogP contribution in [0.1, 0.15) is 29.5 Å². The summed E-state index contributed by atoms with van der Waals surface area (Å²) in [6, 6.07) is 5.64. The van der Waals surface area contributed by atoms with Gasteiger partial charge in [-0.25, -0.2) is 0 Å². The molecule has 3 heteroatoms. The average Bonchev–Trinajstić information content (AvgIpc) is 3.08. The molecule has 0 saturated heterocycles. The Morgan fingerprint density at radius 3 is 2.29 bits per heavy atom. The molecular formula is C14H19NO2. The first-order valence-electron chi connectivity index (χ1n) is 5.93. The predicted molar refractivity (Wildman–Crippen MR) is 66.8 cm³/mol. The molecule has 1 atom stereocenters. The van der Waals surface area contributed by atoms with Crippen LogP contribution in [0.15, 0.2) is 18.2 Å². The van der Waals surface area contributed by atoms with Gasteiger partial charge in [0.25, 0.3) is 0 Å². The van der Waals surface area contributed by atoms with Gasteiger partial charge < -0.3 is 10.5 Å². The monoisotopic (exact) mass is 233 g/mol. The summed E-state index contributed by atoms with van der Waals surface area (Å²) >= 11 is 0. The minimum absolute atomic E-state index is 0.192. The van der Waals surface area contributed by atoms with Gasteiger partial charge >= 0.3 is 5.97 Å². The number of benzene rings is 1. The van der Waals surface area contributed by atoms with E-state index in [9.17, 15) is 4.79 Å². The molecule has 92 valence electrons. The van der Waals surface area contributed by atoms with Gasteiger partial charge in [0.2, 0.25) is 0 Å². The summed E-state index contributed by atoms with van der Waals surface area (Å²) in [5, 5.41) is 0. The summed E-state index contributed by atoms with van der Waals surface area (Å²) in [6.07, 6.45) is 1.93. The molecule has 1 aliphatic carbocycles. The van der Waals surface area contributed by atoms with Gasteiger partial charge in [-0.3, -0.25) is 4.79 Å². The number of rotatable bonds is 3. The maximum Gasteiger partial charge on any atom is 0.323 e. The lowest BCUT2D eigenvalue weighted by molar-refractivity contribution is -0.143. The van der Waals surface area contributed by atoms with Gasteiger partial charge in [0.05, 0.1) is 7.11 Å². The third-order valence-electron chi connectivity index (χ3n) is 3.82. The fraction of sp³-hybridized carbons (Fsp3) is 0.500. The van der Waals surface area contributed by atoms with Crippen LogP contribution in [0.3, 0.4) is 0 Å². The number of hydrogen-bond acceptors (Lipinski definition) is 3. The van der Waals surface area contributed by atoms with E-state index in [0.29, 0.717) is 0 Å². The molecule has 0 heterocycles. The highest BCUT2D eigenvalue weighted by Crippen LogP contribution is 2.52. The van der Waals surface area contributed by atoms with E-state index in [2.05, 4.69) is 26.0 Å². The van der Waals surface area contributed by atoms with Crippen LogP contribution < -0.4 is 5.73 Å². The summed E-state index contributed by atoms with van der Waals surface area (Å²) in [4.78, 5) is 11.6. The van der Waals surface area contributed by atoms with Crippen molar-refractivity contribution in [1.82, 2.24) is 0 Å². The maximum atomic E-state index is 11.6. The molecular weight excluding hydrogens is 214 g/mol. The Morgan fingerprint density at radius 1 is 1.35 bits per heavy atom. The van der Waals surface area contributed by atoms with Crippen LogP contribution in [0.4, 0.5) is 0 Å². The van der Waals surface area contributed by atoms with Gasteiger partial charge in [0.15, 0.2) is 0 Å². The van der Waals surface area contributed by atoms with Gasteiger partial charge in [-0.2, -0.15) is 0 Å². The number of nitrogens with two attached hydrogens (primary N) is 1. The molecule has 2 N–H and O–H groups in total. The summed E-state index contributed by atoms with van der Waals surface area (Å²) in [6.45, 7) is 4.15. The number of carbonyl (C=O) groups is 1. The lowest BCUT2D eigenvalue weighted by Crippen LogP contribution is -2.43. The number of methoxy groups -OCH3 is 1. The van der Waals surface area contributed by atoms with E-state index in [4.69, 9.17) is 10.5 Å². The topological polar surface area (TPSA) is 52.3 Å². The number of hydrogen-bond donors (Lipinski definition) is 1. The quantitative estimate of drug-likeness (QED) is 0.810. The summed E-state index contributed by atoms with van der Waals surface area (Å²) in [5.41, 5.74) is 9.53. The zero-order valence-corrected chi connectivity index (χ0v) is 10.6. The van der Waals surface area contributed by atoms with Crippen LogP contribution >= 0.6 is 0 Å². The zero-order valence-electron chi connectivity index (χ0n) is 10.6. The van der Waals surface area contributed by atoms with Crippen LogP contribution in [0, 0.1) is 13.8 Å². The van der Waals surface area contributed by atoms with Gasteiger partial charge in [-0.05, 0) is 43.4 Å². The molecule has 1 aliphatic rings. The predicted octanol–water partition coefficient (Wildman–Crippen LogP) is 1.84. The van der Waals surface area contributed by atoms with Crippen LogP contribution in [-0.2, 0) is 14.9 Å². The first kappa shape index (κ1) is 12.1. The molecule has 1 aromatic carbocycles. The van der Waals surface area contributed by atoms with Crippen molar-refractivity contribution in [3.8, 4) is 0 Å². The number of aryl methyl sites for hydroxylation is 2. The Labute approximate surface area is 102 Å². The van der Waals surface area contributed by atoms with Crippen molar-refractivity contribution in [2.45, 2.75) is 38.1 Å². The second kappa shape index (κ2) is 4.15. The van der Waals surface area contributed by atoms with E-state index in [1.807, 2.05) is 6.07 Å². The fourth-order valence-corrected chi connectivity index (χ4v) is 2.80. The smallest absolute Gasteiger partial charge is 0.323 e. The van der Waals surface area contributed by atoms with Crippen LogP contribution in [-0.4, -0.2) is 19.1 Å². The molecule has 0 aliphatic heterocycles. The van der Waals surface area contributed by atoms with Crippen molar-refractivity contribution in [3.05, 3.63) is 34.9 Å². The molecule has 0 bridgehead atoms. The third kappa shape index (κ3) is 1.84. The minimum Gasteiger partial charge on any atom is -0.468 e. The van der Waals surface area contributed by atoms with Gasteiger partial charge in [0.1, 0.15) is 6.04 Å². The normalized spacial score (nSPS) is 18.6. The molecule has 3 nitrogen and oxygen atoms in total. The number of carbonyl (C=O) groups excluding carboxylic acids is 1. The second-order valence-electron chi connectivity index (χ2n) is 4.92. The van der Waals surface area contributed by atoms with E-state index < -0.39 is 6.04 Å². The third-order valence-corrected chi connectivity index (χ3v) is 3.82. The molecule has 0 spiro atoms. The average molecular weight is 233 g/mol. The standard InChI is InChI=1S/C14H19NO2/c1-9-5-4-6-10(2)11(9)14(7-8-14)12(15)13(16)17-3/h4-6,12H,7-8,15H2,1-3H3. The Morgan fingerprint density at radius 2 is 1.88 bits per heavy atom. The van der Waals surface area contributed by atoms with E-state index in [-0.39, 0.29) is 11.4 Å².